The number of piperidine rings is 1. The van der Waals surface area contributed by atoms with Gasteiger partial charge in [0.15, 0.2) is 11.5 Å². The molecule has 1 spiro atoms. The van der Waals surface area contributed by atoms with Gasteiger partial charge in [0.2, 0.25) is 5.91 Å². The average molecular weight is 649 g/mol. The number of hydrogen-bond acceptors (Lipinski definition) is 6. The molecule has 0 radical (unpaired) electrons. The number of amides is 1. The van der Waals surface area contributed by atoms with E-state index in [1.54, 1.807) is 20.1 Å². The van der Waals surface area contributed by atoms with Crippen LogP contribution in [0.25, 0.3) is 6.08 Å². The smallest absolute Gasteiger partial charge is 0.303 e. The number of carbonyl (C=O) groups excluding carboxylic acids is 2. The first-order valence-electron chi connectivity index (χ1n) is 17.6. The van der Waals surface area contributed by atoms with Crippen molar-refractivity contribution < 1.29 is 23.8 Å². The van der Waals surface area contributed by atoms with Crippen LogP contribution in [-0.4, -0.2) is 72.2 Å². The number of rotatable bonds is 10. The quantitative estimate of drug-likeness (QED) is 0.184. The summed E-state index contributed by atoms with van der Waals surface area (Å²) < 4.78 is 19.8. The molecule has 7 rings (SSSR count). The second kappa shape index (κ2) is 12.7. The lowest BCUT2D eigenvalue weighted by Crippen LogP contribution is -2.79. The molecule has 7 heteroatoms. The number of ether oxygens (including phenoxy) is 3. The highest BCUT2D eigenvalue weighted by molar-refractivity contribution is 5.92. The summed E-state index contributed by atoms with van der Waals surface area (Å²) >= 11 is 0. The van der Waals surface area contributed by atoms with Crippen LogP contribution in [0.4, 0.5) is 0 Å². The minimum Gasteiger partial charge on any atom is -0.493 e. The molecule has 7 nitrogen and oxygen atoms in total. The summed E-state index contributed by atoms with van der Waals surface area (Å²) in [7, 11) is 1.68. The van der Waals surface area contributed by atoms with Crippen LogP contribution < -0.4 is 9.47 Å². The second-order valence-corrected chi connectivity index (χ2v) is 14.6. The molecular formula is C41H48N2O5. The van der Waals surface area contributed by atoms with E-state index in [2.05, 4.69) is 74.2 Å². The number of hydrogen-bond donors (Lipinski definition) is 0. The zero-order valence-electron chi connectivity index (χ0n) is 28.9. The van der Waals surface area contributed by atoms with Gasteiger partial charge in [0.1, 0.15) is 11.7 Å². The third-order valence-corrected chi connectivity index (χ3v) is 11.3. The molecule has 252 valence electrons. The number of nitrogens with zero attached hydrogens (tertiary/aromatic N) is 2. The van der Waals surface area contributed by atoms with Crippen molar-refractivity contribution in [1.82, 2.24) is 9.80 Å². The number of methoxy groups -OCH3 is 1. The van der Waals surface area contributed by atoms with Crippen LogP contribution in [-0.2, 0) is 32.6 Å². The summed E-state index contributed by atoms with van der Waals surface area (Å²) in [6.07, 6.45) is 7.03. The fraction of sp³-hybridized carbons (Fsp3) is 0.463. The molecule has 0 N–H and O–H groups in total. The Morgan fingerprint density at radius 2 is 1.90 bits per heavy atom. The van der Waals surface area contributed by atoms with Gasteiger partial charge in [-0.3, -0.25) is 14.5 Å². The Labute approximate surface area is 284 Å². The topological polar surface area (TPSA) is 68.3 Å². The van der Waals surface area contributed by atoms with Gasteiger partial charge in [-0.15, -0.1) is 0 Å². The first kappa shape index (κ1) is 32.4. The van der Waals surface area contributed by atoms with Gasteiger partial charge in [0.25, 0.3) is 0 Å². The lowest BCUT2D eigenvalue weighted by molar-refractivity contribution is -0.224. The van der Waals surface area contributed by atoms with E-state index in [0.717, 1.165) is 54.8 Å². The van der Waals surface area contributed by atoms with Crippen molar-refractivity contribution in [2.24, 2.45) is 5.92 Å². The van der Waals surface area contributed by atoms with Crippen LogP contribution in [0.5, 0.6) is 11.5 Å². The van der Waals surface area contributed by atoms with Crippen molar-refractivity contribution >= 4 is 18.0 Å². The van der Waals surface area contributed by atoms with E-state index in [0.29, 0.717) is 25.1 Å². The number of carbonyl (C=O) groups is 2. The summed E-state index contributed by atoms with van der Waals surface area (Å²) in [4.78, 5) is 32.0. The van der Waals surface area contributed by atoms with E-state index in [-0.39, 0.29) is 36.0 Å². The lowest BCUT2D eigenvalue weighted by Gasteiger charge is -2.65. The number of esters is 1. The van der Waals surface area contributed by atoms with Crippen LogP contribution in [0.1, 0.15) is 67.9 Å². The molecule has 2 aliphatic carbocycles. The molecule has 3 aromatic carbocycles. The van der Waals surface area contributed by atoms with Crippen molar-refractivity contribution in [2.75, 3.05) is 26.7 Å². The lowest BCUT2D eigenvalue weighted by atomic mass is 9.48. The summed E-state index contributed by atoms with van der Waals surface area (Å²) in [6, 6.07) is 22.8. The van der Waals surface area contributed by atoms with Gasteiger partial charge in [-0.2, -0.15) is 0 Å². The molecule has 4 aliphatic rings. The van der Waals surface area contributed by atoms with Gasteiger partial charge in [0.05, 0.1) is 24.6 Å². The molecule has 0 aromatic heterocycles. The summed E-state index contributed by atoms with van der Waals surface area (Å²) in [5.41, 5.74) is 4.42. The van der Waals surface area contributed by atoms with Crippen molar-refractivity contribution in [2.45, 2.75) is 89.0 Å². The normalized spacial score (nSPS) is 27.0. The Bertz CT molecular complexity index is 1720. The Kier molecular flexibility index (Phi) is 8.61. The van der Waals surface area contributed by atoms with Gasteiger partial charge < -0.3 is 19.1 Å². The maximum absolute atomic E-state index is 14.2. The average Bonchev–Trinajstić information content (AvgIpc) is 3.41. The van der Waals surface area contributed by atoms with Crippen molar-refractivity contribution in [3.05, 3.63) is 101 Å². The van der Waals surface area contributed by atoms with Gasteiger partial charge in [0, 0.05) is 31.7 Å². The first-order valence-corrected chi connectivity index (χ1v) is 17.6. The molecule has 3 aromatic rings. The molecule has 48 heavy (non-hydrogen) atoms. The molecule has 0 unspecified atom stereocenters. The molecule has 1 saturated heterocycles. The third kappa shape index (κ3) is 5.31. The van der Waals surface area contributed by atoms with Gasteiger partial charge in [-0.25, -0.2) is 0 Å². The summed E-state index contributed by atoms with van der Waals surface area (Å²) in [5.74, 6) is 1.42. The predicted octanol–water partition coefficient (Wildman–Crippen LogP) is 6.54. The minimum atomic E-state index is -0.788. The molecule has 5 atom stereocenters. The van der Waals surface area contributed by atoms with E-state index in [1.165, 1.54) is 11.1 Å². The van der Waals surface area contributed by atoms with Crippen molar-refractivity contribution in [1.29, 1.82) is 0 Å². The second-order valence-electron chi connectivity index (χ2n) is 14.6. The first-order chi connectivity index (χ1) is 23.2. The Hall–Kier alpha value is -4.10. The maximum Gasteiger partial charge on any atom is 0.303 e. The fourth-order valence-corrected chi connectivity index (χ4v) is 9.51. The van der Waals surface area contributed by atoms with E-state index >= 15 is 0 Å². The van der Waals surface area contributed by atoms with Crippen LogP contribution in [0.3, 0.4) is 0 Å². The SMILES string of the molecule is COc1ccc2c3c1O[C@H]1[C@H](N(CC(C)C)C(=O)C=Cc4cccc(C)c4)CC[C@@]4(OC(C)=O)[C@@H](C2)N(CCc2ccccc2)CC[C@]314. The van der Waals surface area contributed by atoms with E-state index in [9.17, 15) is 9.59 Å². The van der Waals surface area contributed by atoms with Gasteiger partial charge >= 0.3 is 5.97 Å². The molecule has 2 bridgehead atoms. The van der Waals surface area contributed by atoms with E-state index < -0.39 is 11.0 Å². The van der Waals surface area contributed by atoms with E-state index in [4.69, 9.17) is 14.2 Å². The summed E-state index contributed by atoms with van der Waals surface area (Å²) in [6.45, 7) is 10.2. The molecule has 2 heterocycles. The fourth-order valence-electron chi connectivity index (χ4n) is 9.51. The zero-order chi connectivity index (χ0) is 33.6. The molecule has 2 fully saturated rings. The highest BCUT2D eigenvalue weighted by atomic mass is 16.6. The van der Waals surface area contributed by atoms with Gasteiger partial charge in [-0.1, -0.05) is 80.1 Å². The monoisotopic (exact) mass is 648 g/mol. The van der Waals surface area contributed by atoms with Crippen LogP contribution in [0.15, 0.2) is 72.8 Å². The third-order valence-electron chi connectivity index (χ3n) is 11.3. The predicted molar refractivity (Wildman–Crippen MR) is 187 cm³/mol. The Morgan fingerprint density at radius 3 is 2.62 bits per heavy atom. The standard InChI is InChI=1S/C41H48N2O5/c1-27(2)26-43(36(45)17-14-31-13-9-10-28(3)24-31)33-18-20-41(48-29(4)44)35-25-32-15-16-34(46-5)38-37(32)40(41,39(33)47-38)21-23-42(35)22-19-30-11-7-6-8-12-30/h6-17,24,27,33,35,39H,18-23,25-26H2,1-5H3/t33-,35-,39+,40+,41-/m1/s1. The molecule has 1 amide bonds. The Morgan fingerprint density at radius 1 is 1.08 bits per heavy atom. The molecule has 1 saturated carbocycles. The van der Waals surface area contributed by atoms with Gasteiger partial charge in [-0.05, 0) is 80.3 Å². The highest BCUT2D eigenvalue weighted by Crippen LogP contribution is 2.67. The van der Waals surface area contributed by atoms with E-state index in [1.807, 2.05) is 29.2 Å². The van der Waals surface area contributed by atoms with Crippen LogP contribution in [0.2, 0.25) is 0 Å². The largest absolute Gasteiger partial charge is 0.493 e. The zero-order valence-corrected chi connectivity index (χ0v) is 28.9. The number of likely N-dealkylation sites (tertiary alicyclic amines) is 1. The minimum absolute atomic E-state index is 0.00627. The van der Waals surface area contributed by atoms with Crippen molar-refractivity contribution in [3.63, 3.8) is 0 Å². The van der Waals surface area contributed by atoms with Crippen LogP contribution >= 0.6 is 0 Å². The molecular weight excluding hydrogens is 600 g/mol. The maximum atomic E-state index is 14.2. The number of benzene rings is 3. The summed E-state index contributed by atoms with van der Waals surface area (Å²) in [5, 5.41) is 0. The van der Waals surface area contributed by atoms with Crippen molar-refractivity contribution in [3.8, 4) is 11.5 Å². The van der Waals surface area contributed by atoms with Crippen LogP contribution in [0, 0.1) is 12.8 Å². The highest BCUT2D eigenvalue weighted by Gasteiger charge is 2.75. The molecule has 2 aliphatic heterocycles. The number of aryl methyl sites for hydroxylation is 1. The Balaban J connectivity index is 1.31.